The van der Waals surface area contributed by atoms with E-state index >= 15 is 0 Å². The topological polar surface area (TPSA) is 29.9 Å². The second kappa shape index (κ2) is 5.14. The number of aromatic nitrogens is 2. The van der Waals surface area contributed by atoms with Crippen LogP contribution in [0.3, 0.4) is 0 Å². The molecule has 1 aliphatic carbocycles. The molecule has 1 heterocycles. The molecule has 1 aromatic heterocycles. The highest BCUT2D eigenvalue weighted by Gasteiger charge is 2.29. The van der Waals surface area contributed by atoms with Crippen molar-refractivity contribution in [2.75, 3.05) is 6.54 Å². The number of hydrogen-bond donors (Lipinski definition) is 1. The first kappa shape index (κ1) is 12.9. The lowest BCUT2D eigenvalue weighted by molar-refractivity contribution is 0.536. The average Bonchev–Trinajstić information content (AvgIpc) is 3.12. The lowest BCUT2D eigenvalue weighted by atomic mass is 10.2. The molecule has 0 spiro atoms. The molecule has 3 nitrogen and oxygen atoms in total. The summed E-state index contributed by atoms with van der Waals surface area (Å²) in [6.45, 7) is 5.34. The first-order chi connectivity index (χ1) is 9.20. The molecule has 102 valence electrons. The number of para-hydroxylation sites is 1. The maximum Gasteiger partial charge on any atom is 0.111 e. The fraction of sp³-hybridized carbons (Fsp3) is 0.533. The third-order valence-corrected chi connectivity index (χ3v) is 3.99. The van der Waals surface area contributed by atoms with Gasteiger partial charge in [-0.15, -0.1) is 0 Å². The third kappa shape index (κ3) is 2.49. The van der Waals surface area contributed by atoms with Crippen LogP contribution in [-0.2, 0) is 6.42 Å². The summed E-state index contributed by atoms with van der Waals surface area (Å²) in [6, 6.07) is 7.04. The summed E-state index contributed by atoms with van der Waals surface area (Å²) >= 11 is 6.37. The molecular weight excluding hydrogens is 258 g/mol. The Morgan fingerprint density at radius 1 is 1.47 bits per heavy atom. The van der Waals surface area contributed by atoms with E-state index in [-0.39, 0.29) is 0 Å². The van der Waals surface area contributed by atoms with Crippen LogP contribution in [0.25, 0.3) is 11.0 Å². The largest absolute Gasteiger partial charge is 0.324 e. The first-order valence-electron chi connectivity index (χ1n) is 7.09. The second-order valence-corrected chi connectivity index (χ2v) is 5.81. The Kier molecular flexibility index (Phi) is 3.50. The quantitative estimate of drug-likeness (QED) is 0.906. The number of fused-ring (bicyclic) bond motifs is 1. The Morgan fingerprint density at radius 2 is 2.26 bits per heavy atom. The number of nitrogens with zero attached hydrogens (tertiary/aromatic N) is 2. The molecule has 1 atom stereocenters. The summed E-state index contributed by atoms with van der Waals surface area (Å²) < 4.78 is 2.37. The van der Waals surface area contributed by atoms with Crippen LogP contribution in [0.1, 0.15) is 38.6 Å². The maximum atomic E-state index is 6.37. The Bertz CT molecular complexity index is 586. The molecule has 1 fully saturated rings. The second-order valence-electron chi connectivity index (χ2n) is 5.40. The molecule has 1 unspecified atom stereocenters. The highest BCUT2D eigenvalue weighted by atomic mass is 35.5. The van der Waals surface area contributed by atoms with Gasteiger partial charge in [-0.25, -0.2) is 4.98 Å². The molecule has 2 aromatic rings. The van der Waals surface area contributed by atoms with E-state index < -0.39 is 0 Å². The molecule has 0 bridgehead atoms. The summed E-state index contributed by atoms with van der Waals surface area (Å²) in [5.74, 6) is 1.17. The van der Waals surface area contributed by atoms with Crippen molar-refractivity contribution in [3.8, 4) is 0 Å². The lowest BCUT2D eigenvalue weighted by Crippen LogP contribution is -2.28. The van der Waals surface area contributed by atoms with Crippen LogP contribution in [0.4, 0.5) is 0 Å². The zero-order valence-corrected chi connectivity index (χ0v) is 12.2. The van der Waals surface area contributed by atoms with E-state index in [4.69, 9.17) is 16.6 Å². The molecule has 0 aliphatic heterocycles. The Labute approximate surface area is 119 Å². The fourth-order valence-electron chi connectivity index (χ4n) is 2.72. The number of hydrogen-bond acceptors (Lipinski definition) is 2. The number of likely N-dealkylation sites (N-methyl/N-ethyl adjacent to an activating group) is 1. The van der Waals surface area contributed by atoms with Gasteiger partial charge in [-0.2, -0.15) is 0 Å². The van der Waals surface area contributed by atoms with Crippen LogP contribution in [0.15, 0.2) is 18.2 Å². The summed E-state index contributed by atoms with van der Waals surface area (Å²) in [7, 11) is 0. The number of imidazole rings is 1. The third-order valence-electron chi connectivity index (χ3n) is 3.69. The van der Waals surface area contributed by atoms with Crippen molar-refractivity contribution in [1.29, 1.82) is 0 Å². The van der Waals surface area contributed by atoms with Crippen molar-refractivity contribution < 1.29 is 0 Å². The van der Waals surface area contributed by atoms with Crippen LogP contribution in [0.5, 0.6) is 0 Å². The van der Waals surface area contributed by atoms with Gasteiger partial charge in [0, 0.05) is 18.5 Å². The predicted octanol–water partition coefficient (Wildman–Crippen LogP) is 3.57. The van der Waals surface area contributed by atoms with Gasteiger partial charge in [-0.05, 0) is 38.4 Å². The van der Waals surface area contributed by atoms with Gasteiger partial charge in [0.05, 0.1) is 16.1 Å². The number of nitrogens with one attached hydrogen (secondary N) is 1. The van der Waals surface area contributed by atoms with E-state index in [1.54, 1.807) is 0 Å². The standard InChI is InChI=1S/C15H20ClN3/c1-3-17-10(2)9-14-18-13-6-4-5-12(16)15(13)19(14)11-7-8-11/h4-6,10-11,17H,3,7-9H2,1-2H3. The van der Waals surface area contributed by atoms with Crippen LogP contribution in [0.2, 0.25) is 5.02 Å². The molecule has 4 heteroatoms. The number of benzene rings is 1. The van der Waals surface area contributed by atoms with E-state index in [0.29, 0.717) is 12.1 Å². The van der Waals surface area contributed by atoms with Gasteiger partial charge in [0.2, 0.25) is 0 Å². The Morgan fingerprint density at radius 3 is 2.95 bits per heavy atom. The number of rotatable bonds is 5. The van der Waals surface area contributed by atoms with Gasteiger partial charge in [0.1, 0.15) is 5.82 Å². The van der Waals surface area contributed by atoms with Crippen molar-refractivity contribution in [3.05, 3.63) is 29.0 Å². The zero-order chi connectivity index (χ0) is 13.4. The molecular formula is C15H20ClN3. The molecule has 3 rings (SSSR count). The van der Waals surface area contributed by atoms with E-state index in [2.05, 4.69) is 29.8 Å². The first-order valence-corrected chi connectivity index (χ1v) is 7.47. The summed E-state index contributed by atoms with van der Waals surface area (Å²) in [5.41, 5.74) is 2.14. The summed E-state index contributed by atoms with van der Waals surface area (Å²) in [6.07, 6.45) is 3.45. The molecule has 1 aromatic carbocycles. The molecule has 0 radical (unpaired) electrons. The summed E-state index contributed by atoms with van der Waals surface area (Å²) in [4.78, 5) is 4.80. The van der Waals surface area contributed by atoms with Crippen molar-refractivity contribution in [2.45, 2.75) is 45.2 Å². The van der Waals surface area contributed by atoms with Gasteiger partial charge >= 0.3 is 0 Å². The molecule has 1 aliphatic rings. The van der Waals surface area contributed by atoms with Crippen LogP contribution in [0, 0.1) is 0 Å². The molecule has 19 heavy (non-hydrogen) atoms. The molecule has 0 amide bonds. The van der Waals surface area contributed by atoms with Gasteiger partial charge in [-0.3, -0.25) is 0 Å². The van der Waals surface area contributed by atoms with E-state index in [9.17, 15) is 0 Å². The SMILES string of the molecule is CCNC(C)Cc1nc2cccc(Cl)c2n1C1CC1. The van der Waals surface area contributed by atoms with Crippen LogP contribution in [-0.4, -0.2) is 22.1 Å². The Balaban J connectivity index is 2.03. The van der Waals surface area contributed by atoms with Gasteiger partial charge in [0.15, 0.2) is 0 Å². The minimum absolute atomic E-state index is 0.443. The smallest absolute Gasteiger partial charge is 0.111 e. The van der Waals surface area contributed by atoms with Crippen molar-refractivity contribution >= 4 is 22.6 Å². The molecule has 1 saturated carbocycles. The number of halogens is 1. The lowest BCUT2D eigenvalue weighted by Gasteiger charge is -2.14. The van der Waals surface area contributed by atoms with E-state index in [1.165, 1.54) is 18.7 Å². The highest BCUT2D eigenvalue weighted by Crippen LogP contribution is 2.40. The fourth-order valence-corrected chi connectivity index (χ4v) is 2.98. The highest BCUT2D eigenvalue weighted by molar-refractivity contribution is 6.35. The minimum Gasteiger partial charge on any atom is -0.324 e. The summed E-state index contributed by atoms with van der Waals surface area (Å²) in [5, 5.41) is 4.27. The minimum atomic E-state index is 0.443. The normalized spacial score (nSPS) is 17.0. The van der Waals surface area contributed by atoms with Crippen LogP contribution >= 0.6 is 11.6 Å². The zero-order valence-electron chi connectivity index (χ0n) is 11.5. The molecule has 1 N–H and O–H groups in total. The molecule has 0 saturated heterocycles. The van der Waals surface area contributed by atoms with Crippen molar-refractivity contribution in [1.82, 2.24) is 14.9 Å². The van der Waals surface area contributed by atoms with E-state index in [0.717, 1.165) is 29.0 Å². The van der Waals surface area contributed by atoms with Crippen molar-refractivity contribution in [2.24, 2.45) is 0 Å². The maximum absolute atomic E-state index is 6.37. The monoisotopic (exact) mass is 277 g/mol. The van der Waals surface area contributed by atoms with Gasteiger partial charge < -0.3 is 9.88 Å². The van der Waals surface area contributed by atoms with Gasteiger partial charge in [-0.1, -0.05) is 24.6 Å². The average molecular weight is 278 g/mol. The van der Waals surface area contributed by atoms with Crippen molar-refractivity contribution in [3.63, 3.8) is 0 Å². The van der Waals surface area contributed by atoms with Crippen LogP contribution < -0.4 is 5.32 Å². The Hall–Kier alpha value is -1.06. The predicted molar refractivity (Wildman–Crippen MR) is 79.9 cm³/mol. The van der Waals surface area contributed by atoms with Gasteiger partial charge in [0.25, 0.3) is 0 Å². The van der Waals surface area contributed by atoms with E-state index in [1.807, 2.05) is 12.1 Å².